The van der Waals surface area contributed by atoms with Crippen LogP contribution >= 0.6 is 22.6 Å². The van der Waals surface area contributed by atoms with E-state index in [1.54, 1.807) is 5.57 Å². The lowest BCUT2D eigenvalue weighted by Gasteiger charge is -2.04. The van der Waals surface area contributed by atoms with Gasteiger partial charge in [0.15, 0.2) is 0 Å². The summed E-state index contributed by atoms with van der Waals surface area (Å²) in [5, 5.41) is 0. The minimum absolute atomic E-state index is 1.21. The van der Waals surface area contributed by atoms with Gasteiger partial charge in [-0.1, -0.05) is 71.9 Å². The molecule has 1 aromatic carbocycles. The Morgan fingerprint density at radius 1 is 1.05 bits per heavy atom. The van der Waals surface area contributed by atoms with Gasteiger partial charge in [-0.15, -0.1) is 0 Å². The predicted octanol–water partition coefficient (Wildman–Crippen LogP) is 6.12. The number of unbranched alkanes of at least 4 members (excludes halogenated alkanes) is 1. The summed E-state index contributed by atoms with van der Waals surface area (Å²) in [6.45, 7) is 4.51. The number of aryl methyl sites for hydroxylation is 2. The van der Waals surface area contributed by atoms with Gasteiger partial charge in [0.2, 0.25) is 0 Å². The third-order valence-electron chi connectivity index (χ3n) is 3.43. The van der Waals surface area contributed by atoms with Crippen molar-refractivity contribution < 1.29 is 0 Å². The van der Waals surface area contributed by atoms with Crippen molar-refractivity contribution in [1.82, 2.24) is 0 Å². The minimum Gasteiger partial charge on any atom is -0.0864 e. The normalized spacial score (nSPS) is 11.8. The van der Waals surface area contributed by atoms with Crippen molar-refractivity contribution in [3.63, 3.8) is 0 Å². The Morgan fingerprint density at radius 3 is 2.26 bits per heavy atom. The highest BCUT2D eigenvalue weighted by molar-refractivity contribution is 14.1. The molecular formula is C18H27I. The molecule has 0 unspecified atom stereocenters. The zero-order valence-corrected chi connectivity index (χ0v) is 14.6. The summed E-state index contributed by atoms with van der Waals surface area (Å²) < 4.78 is 1.27. The predicted molar refractivity (Wildman–Crippen MR) is 95.3 cm³/mol. The van der Waals surface area contributed by atoms with Crippen molar-refractivity contribution in [2.45, 2.75) is 58.8 Å². The Hall–Kier alpha value is -0.310. The summed E-state index contributed by atoms with van der Waals surface area (Å²) in [5.74, 6) is 0. The lowest BCUT2D eigenvalue weighted by atomic mass is 10.0. The summed E-state index contributed by atoms with van der Waals surface area (Å²) in [7, 11) is 0. The third kappa shape index (κ3) is 7.76. The molecule has 1 heteroatoms. The molecule has 0 amide bonds. The van der Waals surface area contributed by atoms with Crippen LogP contribution in [-0.2, 0) is 12.8 Å². The molecule has 0 atom stereocenters. The summed E-state index contributed by atoms with van der Waals surface area (Å²) in [6.07, 6.45) is 11.2. The van der Waals surface area contributed by atoms with Gasteiger partial charge in [0, 0.05) is 0 Å². The van der Waals surface area contributed by atoms with Crippen LogP contribution in [0.15, 0.2) is 35.9 Å². The fourth-order valence-electron chi connectivity index (χ4n) is 2.26. The fraction of sp³-hybridized carbons (Fsp3) is 0.556. The lowest BCUT2D eigenvalue weighted by Crippen LogP contribution is -1.89. The molecular weight excluding hydrogens is 343 g/mol. The molecule has 0 spiro atoms. The number of hydrogen-bond donors (Lipinski definition) is 0. The molecule has 0 bridgehead atoms. The monoisotopic (exact) mass is 370 g/mol. The molecule has 0 aliphatic rings. The standard InChI is InChI=1S/C18H27I/c1-3-7-17-11-13-18(14-12-17)10-6-9-16(2)8-4-5-15-19/h8,11-14H,3-7,9-10,15H2,1-2H3. The van der Waals surface area contributed by atoms with E-state index in [1.165, 1.54) is 60.5 Å². The molecule has 19 heavy (non-hydrogen) atoms. The molecule has 0 saturated carbocycles. The van der Waals surface area contributed by atoms with Crippen molar-refractivity contribution in [3.05, 3.63) is 47.0 Å². The van der Waals surface area contributed by atoms with Crippen molar-refractivity contribution >= 4 is 22.6 Å². The van der Waals surface area contributed by atoms with E-state index < -0.39 is 0 Å². The van der Waals surface area contributed by atoms with Gasteiger partial charge < -0.3 is 0 Å². The molecule has 0 saturated heterocycles. The Balaban J connectivity index is 2.26. The number of allylic oxidation sites excluding steroid dienone is 2. The zero-order chi connectivity index (χ0) is 13.9. The second kappa shape index (κ2) is 10.5. The van der Waals surface area contributed by atoms with Crippen molar-refractivity contribution in [3.8, 4) is 0 Å². The van der Waals surface area contributed by atoms with Crippen LogP contribution < -0.4 is 0 Å². The maximum Gasteiger partial charge on any atom is -0.000178 e. The molecule has 0 N–H and O–H groups in total. The van der Waals surface area contributed by atoms with Crippen LogP contribution in [-0.4, -0.2) is 4.43 Å². The minimum atomic E-state index is 1.21. The molecule has 0 aliphatic carbocycles. The second-order valence-electron chi connectivity index (χ2n) is 5.30. The number of hydrogen-bond acceptors (Lipinski definition) is 0. The number of rotatable bonds is 9. The van der Waals surface area contributed by atoms with Crippen LogP contribution in [0.5, 0.6) is 0 Å². The Bertz CT molecular complexity index is 362. The van der Waals surface area contributed by atoms with E-state index >= 15 is 0 Å². The van der Waals surface area contributed by atoms with Crippen molar-refractivity contribution in [2.75, 3.05) is 4.43 Å². The quantitative estimate of drug-likeness (QED) is 0.213. The smallest absolute Gasteiger partial charge is 0.000178 e. The van der Waals surface area contributed by atoms with Crippen LogP contribution in [0.2, 0.25) is 0 Å². The average Bonchev–Trinajstić information content (AvgIpc) is 2.41. The maximum atomic E-state index is 2.45. The highest BCUT2D eigenvalue weighted by Crippen LogP contribution is 2.13. The molecule has 0 nitrogen and oxygen atoms in total. The lowest BCUT2D eigenvalue weighted by molar-refractivity contribution is 0.802. The first-order valence-corrected chi connectivity index (χ1v) is 9.08. The maximum absolute atomic E-state index is 2.45. The van der Waals surface area contributed by atoms with Gasteiger partial charge in [-0.25, -0.2) is 0 Å². The fourth-order valence-corrected chi connectivity index (χ4v) is 2.70. The SMILES string of the molecule is CCCc1ccc(CCCC(C)=CCCCI)cc1. The Morgan fingerprint density at radius 2 is 1.68 bits per heavy atom. The molecule has 0 aliphatic heterocycles. The van der Waals surface area contributed by atoms with E-state index in [9.17, 15) is 0 Å². The highest BCUT2D eigenvalue weighted by atomic mass is 127. The largest absolute Gasteiger partial charge is 0.0864 e. The highest BCUT2D eigenvalue weighted by Gasteiger charge is 1.96. The molecule has 1 aromatic rings. The zero-order valence-electron chi connectivity index (χ0n) is 12.4. The van der Waals surface area contributed by atoms with E-state index in [1.807, 2.05) is 0 Å². The van der Waals surface area contributed by atoms with Gasteiger partial charge in [0.25, 0.3) is 0 Å². The van der Waals surface area contributed by atoms with Crippen molar-refractivity contribution in [1.29, 1.82) is 0 Å². The van der Waals surface area contributed by atoms with Gasteiger partial charge in [0.1, 0.15) is 0 Å². The summed E-state index contributed by atoms with van der Waals surface area (Å²) in [6, 6.07) is 9.20. The van der Waals surface area contributed by atoms with E-state index in [0.717, 1.165) is 0 Å². The number of alkyl halides is 1. The molecule has 106 valence electrons. The molecule has 0 fully saturated rings. The second-order valence-corrected chi connectivity index (χ2v) is 6.38. The van der Waals surface area contributed by atoms with E-state index in [-0.39, 0.29) is 0 Å². The first kappa shape index (κ1) is 16.7. The molecule has 0 aromatic heterocycles. The number of halogens is 1. The van der Waals surface area contributed by atoms with Crippen LogP contribution in [0.4, 0.5) is 0 Å². The van der Waals surface area contributed by atoms with Crippen LogP contribution in [0.1, 0.15) is 57.1 Å². The van der Waals surface area contributed by atoms with E-state index in [2.05, 4.69) is 66.8 Å². The topological polar surface area (TPSA) is 0 Å². The van der Waals surface area contributed by atoms with Gasteiger partial charge in [-0.2, -0.15) is 0 Å². The van der Waals surface area contributed by atoms with Gasteiger partial charge in [-0.05, 0) is 61.0 Å². The van der Waals surface area contributed by atoms with Crippen LogP contribution in [0.25, 0.3) is 0 Å². The first-order valence-electron chi connectivity index (χ1n) is 7.55. The summed E-state index contributed by atoms with van der Waals surface area (Å²) >= 11 is 2.45. The summed E-state index contributed by atoms with van der Waals surface area (Å²) in [5.41, 5.74) is 4.52. The van der Waals surface area contributed by atoms with E-state index in [0.29, 0.717) is 0 Å². The Labute approximate surface area is 132 Å². The first-order chi connectivity index (χ1) is 9.26. The van der Waals surface area contributed by atoms with Gasteiger partial charge >= 0.3 is 0 Å². The van der Waals surface area contributed by atoms with Gasteiger partial charge in [-0.3, -0.25) is 0 Å². The third-order valence-corrected chi connectivity index (χ3v) is 4.19. The molecule has 0 radical (unpaired) electrons. The van der Waals surface area contributed by atoms with E-state index in [4.69, 9.17) is 0 Å². The van der Waals surface area contributed by atoms with Crippen LogP contribution in [0, 0.1) is 0 Å². The summed E-state index contributed by atoms with van der Waals surface area (Å²) in [4.78, 5) is 0. The Kier molecular flexibility index (Phi) is 9.23. The average molecular weight is 370 g/mol. The molecule has 0 heterocycles. The van der Waals surface area contributed by atoms with Crippen molar-refractivity contribution in [2.24, 2.45) is 0 Å². The van der Waals surface area contributed by atoms with Crippen LogP contribution in [0.3, 0.4) is 0 Å². The molecule has 1 rings (SSSR count). The van der Waals surface area contributed by atoms with Gasteiger partial charge in [0.05, 0.1) is 0 Å². The number of benzene rings is 1.